The molecule has 0 amide bonds. The Kier molecular flexibility index (Phi) is 5.69. The molecule has 0 fully saturated rings. The minimum atomic E-state index is 0. The van der Waals surface area contributed by atoms with Gasteiger partial charge in [0.2, 0.25) is 5.95 Å². The number of halogens is 1. The van der Waals surface area contributed by atoms with Gasteiger partial charge in [0.1, 0.15) is 5.82 Å². The first-order valence-electron chi connectivity index (χ1n) is 8.31. The summed E-state index contributed by atoms with van der Waals surface area (Å²) in [7, 11) is 2.07. The van der Waals surface area contributed by atoms with Crippen molar-refractivity contribution in [3.05, 3.63) is 71.4 Å². The first-order valence-corrected chi connectivity index (χ1v) is 9.47. The molecule has 134 valence electrons. The van der Waals surface area contributed by atoms with Gasteiger partial charge in [0.15, 0.2) is 0 Å². The second-order valence-electron chi connectivity index (χ2n) is 6.12. The smallest absolute Gasteiger partial charge is 0.229 e. The normalized spacial score (nSPS) is 12.2. The van der Waals surface area contributed by atoms with Crippen LogP contribution in [0.2, 0.25) is 0 Å². The number of benzene rings is 2. The van der Waals surface area contributed by atoms with E-state index in [2.05, 4.69) is 60.6 Å². The van der Waals surface area contributed by atoms with Crippen molar-refractivity contribution in [1.82, 2.24) is 9.97 Å². The molecule has 0 unspecified atom stereocenters. The van der Waals surface area contributed by atoms with Crippen LogP contribution in [0.5, 0.6) is 0 Å². The molecule has 1 aliphatic rings. The van der Waals surface area contributed by atoms with Crippen LogP contribution in [0.1, 0.15) is 16.8 Å². The highest BCUT2D eigenvalue weighted by Crippen LogP contribution is 2.37. The van der Waals surface area contributed by atoms with Crippen LogP contribution in [-0.4, -0.2) is 17.0 Å². The third-order valence-corrected chi connectivity index (χ3v) is 5.38. The second-order valence-corrected chi connectivity index (χ2v) is 7.11. The summed E-state index contributed by atoms with van der Waals surface area (Å²) >= 11 is 1.89. The number of hydrogen-bond acceptors (Lipinski definition) is 5. The average Bonchev–Trinajstić information content (AvgIpc) is 3.12. The van der Waals surface area contributed by atoms with Crippen LogP contribution in [0.4, 0.5) is 23.1 Å². The zero-order valence-corrected chi connectivity index (χ0v) is 16.4. The van der Waals surface area contributed by atoms with Crippen molar-refractivity contribution in [3.8, 4) is 0 Å². The number of thioether (sulfide) groups is 1. The van der Waals surface area contributed by atoms with Crippen molar-refractivity contribution in [2.24, 2.45) is 0 Å². The maximum Gasteiger partial charge on any atom is 0.229 e. The van der Waals surface area contributed by atoms with Gasteiger partial charge >= 0.3 is 0 Å². The van der Waals surface area contributed by atoms with E-state index in [0.717, 1.165) is 34.4 Å². The predicted molar refractivity (Wildman–Crippen MR) is 113 cm³/mol. The van der Waals surface area contributed by atoms with Gasteiger partial charge in [-0.05, 0) is 30.7 Å². The highest BCUT2D eigenvalue weighted by Gasteiger charge is 2.22. The van der Waals surface area contributed by atoms with Crippen LogP contribution >= 0.6 is 24.2 Å². The van der Waals surface area contributed by atoms with Gasteiger partial charge in [0.05, 0.1) is 5.69 Å². The molecule has 3 aromatic rings. The highest BCUT2D eigenvalue weighted by atomic mass is 35.5. The summed E-state index contributed by atoms with van der Waals surface area (Å²) in [5, 5.41) is 3.39. The van der Waals surface area contributed by atoms with Crippen molar-refractivity contribution >= 4 is 47.3 Å². The zero-order chi connectivity index (χ0) is 17.2. The average molecular weight is 385 g/mol. The summed E-state index contributed by atoms with van der Waals surface area (Å²) in [5.41, 5.74) is 5.73. The molecule has 0 saturated carbocycles. The summed E-state index contributed by atoms with van der Waals surface area (Å²) in [6.45, 7) is 2.09. The van der Waals surface area contributed by atoms with Crippen molar-refractivity contribution in [2.45, 2.75) is 18.4 Å². The topological polar surface area (TPSA) is 41.1 Å². The number of nitrogens with zero attached hydrogens (tertiary/aromatic N) is 3. The number of fused-ring (bicyclic) bond motifs is 1. The Morgan fingerprint density at radius 3 is 2.46 bits per heavy atom. The molecule has 1 aliphatic heterocycles. The van der Waals surface area contributed by atoms with Gasteiger partial charge in [-0.2, -0.15) is 16.7 Å². The molecule has 0 spiro atoms. The molecule has 4 nitrogen and oxygen atoms in total. The van der Waals surface area contributed by atoms with Crippen LogP contribution in [0.3, 0.4) is 0 Å². The van der Waals surface area contributed by atoms with Crippen LogP contribution in [0.25, 0.3) is 0 Å². The molecule has 1 N–H and O–H groups in total. The largest absolute Gasteiger partial charge is 0.329 e. The Morgan fingerprint density at radius 1 is 0.962 bits per heavy atom. The van der Waals surface area contributed by atoms with E-state index in [-0.39, 0.29) is 12.4 Å². The van der Waals surface area contributed by atoms with Gasteiger partial charge < -0.3 is 10.2 Å². The number of aromatic nitrogens is 2. The van der Waals surface area contributed by atoms with E-state index in [0.29, 0.717) is 5.95 Å². The Balaban J connectivity index is 0.00000196. The molecule has 1 aromatic heterocycles. The molecule has 0 aliphatic carbocycles. The number of nitrogens with one attached hydrogen (secondary N) is 1. The fourth-order valence-corrected chi connectivity index (χ4v) is 4.01. The molecule has 0 radical (unpaired) electrons. The number of para-hydroxylation sites is 2. The van der Waals surface area contributed by atoms with Crippen LogP contribution in [0, 0.1) is 6.92 Å². The van der Waals surface area contributed by atoms with Crippen molar-refractivity contribution < 1.29 is 0 Å². The van der Waals surface area contributed by atoms with Gasteiger partial charge in [0, 0.05) is 35.5 Å². The third kappa shape index (κ3) is 3.64. The molecule has 0 saturated heterocycles. The summed E-state index contributed by atoms with van der Waals surface area (Å²) in [6, 6.07) is 18.5. The van der Waals surface area contributed by atoms with Gasteiger partial charge in [-0.15, -0.1) is 12.4 Å². The second kappa shape index (κ2) is 7.98. The number of hydrogen-bond donors (Lipinski definition) is 1. The first kappa shape index (κ1) is 18.5. The third-order valence-electron chi connectivity index (χ3n) is 4.41. The molecule has 4 rings (SSSR count). The van der Waals surface area contributed by atoms with Crippen LogP contribution in [-0.2, 0) is 11.5 Å². The summed E-state index contributed by atoms with van der Waals surface area (Å²) in [4.78, 5) is 11.8. The van der Waals surface area contributed by atoms with Crippen molar-refractivity contribution in [2.75, 3.05) is 17.3 Å². The maximum atomic E-state index is 4.85. The van der Waals surface area contributed by atoms with E-state index in [1.165, 1.54) is 11.1 Å². The number of aryl methyl sites for hydroxylation is 1. The van der Waals surface area contributed by atoms with E-state index in [4.69, 9.17) is 9.97 Å². The lowest BCUT2D eigenvalue weighted by molar-refractivity contribution is 1.02. The van der Waals surface area contributed by atoms with Gasteiger partial charge in [-0.3, -0.25) is 0 Å². The zero-order valence-electron chi connectivity index (χ0n) is 14.8. The number of anilines is 4. The summed E-state index contributed by atoms with van der Waals surface area (Å²) in [5.74, 6) is 3.55. The molecule has 0 bridgehead atoms. The first-order chi connectivity index (χ1) is 12.2. The van der Waals surface area contributed by atoms with Gasteiger partial charge in [-0.1, -0.05) is 36.4 Å². The summed E-state index contributed by atoms with van der Waals surface area (Å²) < 4.78 is 0. The van der Waals surface area contributed by atoms with E-state index in [9.17, 15) is 0 Å². The Morgan fingerprint density at radius 2 is 1.69 bits per heavy atom. The Bertz CT molecular complexity index is 902. The lowest BCUT2D eigenvalue weighted by Gasteiger charge is -2.22. The quantitative estimate of drug-likeness (QED) is 0.646. The maximum absolute atomic E-state index is 4.85. The van der Waals surface area contributed by atoms with E-state index < -0.39 is 0 Å². The molecular weight excluding hydrogens is 364 g/mol. The van der Waals surface area contributed by atoms with Crippen LogP contribution in [0.15, 0.2) is 54.6 Å². The van der Waals surface area contributed by atoms with E-state index in [1.807, 2.05) is 30.0 Å². The lowest BCUT2D eigenvalue weighted by atomic mass is 10.2. The number of rotatable bonds is 4. The van der Waals surface area contributed by atoms with Crippen LogP contribution < -0.4 is 10.2 Å². The monoisotopic (exact) mass is 384 g/mol. The molecule has 6 heteroatoms. The molecule has 2 heterocycles. The van der Waals surface area contributed by atoms with Gasteiger partial charge in [0.25, 0.3) is 0 Å². The van der Waals surface area contributed by atoms with Gasteiger partial charge in [-0.25, -0.2) is 4.98 Å². The molecule has 2 aromatic carbocycles. The Hall–Kier alpha value is -2.24. The van der Waals surface area contributed by atoms with E-state index in [1.54, 1.807) is 0 Å². The standard InChI is InChI=1S/C20H20N4S.ClH/c1-14-8-6-7-11-17(14)21-20-22-18-13-25-12-16(18)19(23-20)24(2)15-9-4-3-5-10-15;/h3-11H,12-13H2,1-2H3,(H,21,22,23);1H. The lowest BCUT2D eigenvalue weighted by Crippen LogP contribution is -2.15. The highest BCUT2D eigenvalue weighted by molar-refractivity contribution is 7.98. The molecule has 26 heavy (non-hydrogen) atoms. The summed E-state index contributed by atoms with van der Waals surface area (Å²) in [6.07, 6.45) is 0. The van der Waals surface area contributed by atoms with E-state index >= 15 is 0 Å². The Labute approximate surface area is 164 Å². The fourth-order valence-electron chi connectivity index (χ4n) is 2.98. The molecule has 0 atom stereocenters. The van der Waals surface area contributed by atoms with Crippen molar-refractivity contribution in [3.63, 3.8) is 0 Å². The minimum absolute atomic E-state index is 0. The minimum Gasteiger partial charge on any atom is -0.329 e. The predicted octanol–water partition coefficient (Wildman–Crippen LogP) is 5.47. The van der Waals surface area contributed by atoms with Crippen molar-refractivity contribution in [1.29, 1.82) is 0 Å². The molecular formula is C20H21ClN4S. The SMILES string of the molecule is Cc1ccccc1Nc1nc2c(c(N(C)c3ccccc3)n1)CSC2.Cl. The fraction of sp³-hybridized carbons (Fsp3) is 0.200.